The number of nitrogens with zero attached hydrogens (tertiary/aromatic N) is 1. The van der Waals surface area contributed by atoms with Crippen molar-refractivity contribution >= 4 is 5.91 Å². The van der Waals surface area contributed by atoms with E-state index in [1.54, 1.807) is 0 Å². The zero-order valence-corrected chi connectivity index (χ0v) is 13.4. The average molecular weight is 326 g/mol. The van der Waals surface area contributed by atoms with Gasteiger partial charge in [0.2, 0.25) is 5.91 Å². The molecule has 1 aliphatic heterocycles. The lowest BCUT2D eigenvalue weighted by Crippen LogP contribution is -2.51. The molecule has 0 bridgehead atoms. The number of nitrogens with two attached hydrogens (primary N) is 1. The number of hydrogen-bond donors (Lipinski definition) is 1. The first-order chi connectivity index (χ1) is 11.0. The summed E-state index contributed by atoms with van der Waals surface area (Å²) in [6.07, 6.45) is 3.87. The molecule has 23 heavy (non-hydrogen) atoms. The molecule has 1 aromatic rings. The van der Waals surface area contributed by atoms with Crippen molar-refractivity contribution in [3.8, 4) is 5.75 Å². The number of ether oxygens (including phenoxy) is 1. The van der Waals surface area contributed by atoms with Gasteiger partial charge >= 0.3 is 0 Å². The van der Waals surface area contributed by atoms with Crippen LogP contribution in [-0.2, 0) is 4.79 Å². The topological polar surface area (TPSA) is 55.6 Å². The molecule has 0 spiro atoms. The van der Waals surface area contributed by atoms with E-state index in [1.165, 1.54) is 6.07 Å². The summed E-state index contributed by atoms with van der Waals surface area (Å²) >= 11 is 0. The van der Waals surface area contributed by atoms with Gasteiger partial charge in [0.05, 0.1) is 6.61 Å². The summed E-state index contributed by atoms with van der Waals surface area (Å²) in [5.41, 5.74) is 5.96. The van der Waals surface area contributed by atoms with Gasteiger partial charge in [0.25, 0.3) is 0 Å². The summed E-state index contributed by atoms with van der Waals surface area (Å²) in [5, 5.41) is 0. The third-order valence-electron chi connectivity index (χ3n) is 4.16. The monoisotopic (exact) mass is 326 g/mol. The van der Waals surface area contributed by atoms with Crippen LogP contribution in [0.25, 0.3) is 0 Å². The summed E-state index contributed by atoms with van der Waals surface area (Å²) in [6.45, 7) is 2.89. The fourth-order valence-electron chi connectivity index (χ4n) is 2.96. The van der Waals surface area contributed by atoms with E-state index < -0.39 is 11.6 Å². The Hall–Kier alpha value is -1.69. The van der Waals surface area contributed by atoms with E-state index in [0.29, 0.717) is 12.8 Å². The quantitative estimate of drug-likeness (QED) is 0.818. The Morgan fingerprint density at radius 3 is 2.91 bits per heavy atom. The molecule has 2 unspecified atom stereocenters. The molecule has 1 amide bonds. The second-order valence-electron chi connectivity index (χ2n) is 6.04. The number of benzene rings is 1. The molecular weight excluding hydrogens is 302 g/mol. The van der Waals surface area contributed by atoms with Crippen molar-refractivity contribution in [2.45, 2.75) is 51.1 Å². The molecule has 2 N–H and O–H groups in total. The van der Waals surface area contributed by atoms with E-state index in [1.807, 2.05) is 11.8 Å². The Morgan fingerprint density at radius 2 is 2.22 bits per heavy atom. The first kappa shape index (κ1) is 17.7. The molecule has 0 radical (unpaired) electrons. The Labute approximate surface area is 135 Å². The Balaban J connectivity index is 1.78. The molecule has 1 heterocycles. The normalized spacial score (nSPS) is 19.5. The number of carbonyl (C=O) groups is 1. The van der Waals surface area contributed by atoms with E-state index in [2.05, 4.69) is 0 Å². The molecule has 1 aromatic carbocycles. The number of carbonyl (C=O) groups excluding carboxylic acids is 1. The van der Waals surface area contributed by atoms with Crippen LogP contribution in [0.3, 0.4) is 0 Å². The first-order valence-corrected chi connectivity index (χ1v) is 8.12. The maximum atomic E-state index is 13.4. The minimum atomic E-state index is -0.732. The van der Waals surface area contributed by atoms with Crippen molar-refractivity contribution in [1.29, 1.82) is 0 Å². The van der Waals surface area contributed by atoms with Gasteiger partial charge in [0, 0.05) is 31.1 Å². The van der Waals surface area contributed by atoms with Crippen LogP contribution < -0.4 is 10.5 Å². The van der Waals surface area contributed by atoms with Gasteiger partial charge in [-0.3, -0.25) is 4.79 Å². The van der Waals surface area contributed by atoms with E-state index in [4.69, 9.17) is 10.5 Å². The highest BCUT2D eigenvalue weighted by Gasteiger charge is 2.28. The van der Waals surface area contributed by atoms with Crippen LogP contribution in [0.5, 0.6) is 5.75 Å². The van der Waals surface area contributed by atoms with Crippen molar-refractivity contribution in [2.75, 3.05) is 13.2 Å². The van der Waals surface area contributed by atoms with Crippen LogP contribution >= 0.6 is 0 Å². The second kappa shape index (κ2) is 8.24. The maximum Gasteiger partial charge on any atom is 0.222 e. The molecule has 1 saturated heterocycles. The molecular formula is C17H24F2N2O2. The summed E-state index contributed by atoms with van der Waals surface area (Å²) < 4.78 is 31.5. The molecule has 0 aliphatic carbocycles. The highest BCUT2D eigenvalue weighted by Crippen LogP contribution is 2.21. The number of hydrogen-bond acceptors (Lipinski definition) is 3. The van der Waals surface area contributed by atoms with Crippen LogP contribution in [0.15, 0.2) is 18.2 Å². The van der Waals surface area contributed by atoms with Gasteiger partial charge < -0.3 is 15.4 Å². The smallest absolute Gasteiger partial charge is 0.222 e. The Bertz CT molecular complexity index is 537. The molecule has 0 saturated carbocycles. The van der Waals surface area contributed by atoms with Gasteiger partial charge in [0.15, 0.2) is 11.6 Å². The molecule has 1 aliphatic rings. The summed E-state index contributed by atoms with van der Waals surface area (Å²) in [7, 11) is 0. The average Bonchev–Trinajstić information content (AvgIpc) is 2.53. The maximum absolute atomic E-state index is 13.4. The number of likely N-dealkylation sites (tertiary alicyclic amines) is 1. The number of amides is 1. The lowest BCUT2D eigenvalue weighted by atomic mass is 9.96. The van der Waals surface area contributed by atoms with Gasteiger partial charge in [-0.05, 0) is 44.7 Å². The first-order valence-electron chi connectivity index (χ1n) is 8.12. The minimum Gasteiger partial charge on any atom is -0.491 e. The predicted octanol–water partition coefficient (Wildman–Crippen LogP) is 2.85. The van der Waals surface area contributed by atoms with Crippen molar-refractivity contribution in [3.05, 3.63) is 29.8 Å². The standard InChI is InChI=1S/C17H24F2N2O2/c1-12(20)15-5-2-3-9-21(15)17(22)6-4-10-23-16-8-7-13(18)11-14(16)19/h7-8,11-12,15H,2-6,9-10,20H2,1H3. The van der Waals surface area contributed by atoms with Crippen molar-refractivity contribution in [1.82, 2.24) is 4.90 Å². The third-order valence-corrected chi connectivity index (χ3v) is 4.16. The van der Waals surface area contributed by atoms with Crippen molar-refractivity contribution in [3.63, 3.8) is 0 Å². The van der Waals surface area contributed by atoms with Crippen LogP contribution in [0.2, 0.25) is 0 Å². The van der Waals surface area contributed by atoms with Crippen LogP contribution in [-0.4, -0.2) is 36.0 Å². The van der Waals surface area contributed by atoms with Crippen molar-refractivity contribution < 1.29 is 18.3 Å². The number of rotatable bonds is 6. The van der Waals surface area contributed by atoms with E-state index in [0.717, 1.165) is 37.9 Å². The minimum absolute atomic E-state index is 0.00489. The van der Waals surface area contributed by atoms with Crippen molar-refractivity contribution in [2.24, 2.45) is 5.73 Å². The van der Waals surface area contributed by atoms with Crippen LogP contribution in [0.4, 0.5) is 8.78 Å². The summed E-state index contributed by atoms with van der Waals surface area (Å²) in [6, 6.07) is 3.24. The van der Waals surface area contributed by atoms with Gasteiger partial charge in [-0.1, -0.05) is 0 Å². The molecule has 4 nitrogen and oxygen atoms in total. The van der Waals surface area contributed by atoms with E-state index >= 15 is 0 Å². The second-order valence-corrected chi connectivity index (χ2v) is 6.04. The molecule has 2 rings (SSSR count). The lowest BCUT2D eigenvalue weighted by molar-refractivity contribution is -0.135. The molecule has 128 valence electrons. The molecule has 6 heteroatoms. The van der Waals surface area contributed by atoms with Gasteiger partial charge in [0.1, 0.15) is 5.82 Å². The molecule has 2 atom stereocenters. The van der Waals surface area contributed by atoms with Crippen LogP contribution in [0.1, 0.15) is 39.0 Å². The summed E-state index contributed by atoms with van der Waals surface area (Å²) in [5.74, 6) is -1.30. The van der Waals surface area contributed by atoms with Gasteiger partial charge in [-0.15, -0.1) is 0 Å². The highest BCUT2D eigenvalue weighted by molar-refractivity contribution is 5.76. The Morgan fingerprint density at radius 1 is 1.43 bits per heavy atom. The lowest BCUT2D eigenvalue weighted by Gasteiger charge is -2.38. The van der Waals surface area contributed by atoms with Gasteiger partial charge in [-0.2, -0.15) is 0 Å². The zero-order valence-electron chi connectivity index (χ0n) is 13.4. The van der Waals surface area contributed by atoms with E-state index in [-0.39, 0.29) is 30.3 Å². The Kier molecular flexibility index (Phi) is 6.33. The zero-order chi connectivity index (χ0) is 16.8. The fourth-order valence-corrected chi connectivity index (χ4v) is 2.96. The highest BCUT2D eigenvalue weighted by atomic mass is 19.1. The fraction of sp³-hybridized carbons (Fsp3) is 0.588. The molecule has 1 fully saturated rings. The van der Waals surface area contributed by atoms with Gasteiger partial charge in [-0.25, -0.2) is 8.78 Å². The number of piperidine rings is 1. The summed E-state index contributed by atoms with van der Waals surface area (Å²) in [4.78, 5) is 14.2. The van der Waals surface area contributed by atoms with Crippen LogP contribution in [0, 0.1) is 11.6 Å². The number of halogens is 2. The predicted molar refractivity (Wildman–Crippen MR) is 84.1 cm³/mol. The largest absolute Gasteiger partial charge is 0.491 e. The SMILES string of the molecule is CC(N)C1CCCCN1C(=O)CCCOc1ccc(F)cc1F. The third kappa shape index (κ3) is 4.89. The van der Waals surface area contributed by atoms with E-state index in [9.17, 15) is 13.6 Å². The molecule has 0 aromatic heterocycles.